The van der Waals surface area contributed by atoms with E-state index >= 15 is 0 Å². The zero-order valence-corrected chi connectivity index (χ0v) is 16.3. The van der Waals surface area contributed by atoms with Gasteiger partial charge in [0.25, 0.3) is 5.91 Å². The van der Waals surface area contributed by atoms with E-state index in [9.17, 15) is 9.59 Å². The van der Waals surface area contributed by atoms with Gasteiger partial charge in [0.05, 0.1) is 7.11 Å². The van der Waals surface area contributed by atoms with Crippen LogP contribution >= 0.6 is 0 Å². The molecular formula is C22H27N3O3. The zero-order chi connectivity index (χ0) is 19.8. The highest BCUT2D eigenvalue weighted by Gasteiger charge is 2.22. The molecule has 2 aromatic carbocycles. The van der Waals surface area contributed by atoms with Gasteiger partial charge >= 0.3 is 6.03 Å². The summed E-state index contributed by atoms with van der Waals surface area (Å²) in [5.74, 6) is 0.722. The van der Waals surface area contributed by atoms with E-state index in [1.54, 1.807) is 36.3 Å². The Labute approximate surface area is 166 Å². The molecule has 0 atom stereocenters. The van der Waals surface area contributed by atoms with Crippen molar-refractivity contribution in [3.63, 3.8) is 0 Å². The molecule has 0 spiro atoms. The van der Waals surface area contributed by atoms with E-state index in [0.29, 0.717) is 38.3 Å². The molecule has 1 fully saturated rings. The van der Waals surface area contributed by atoms with Crippen molar-refractivity contribution in [2.45, 2.75) is 12.8 Å². The molecule has 0 aromatic heterocycles. The van der Waals surface area contributed by atoms with Crippen molar-refractivity contribution in [3.05, 3.63) is 65.7 Å². The van der Waals surface area contributed by atoms with Crippen LogP contribution in [0.4, 0.5) is 4.79 Å². The average Bonchev–Trinajstić information content (AvgIpc) is 3.00. The maximum Gasteiger partial charge on any atom is 0.317 e. The predicted molar refractivity (Wildman–Crippen MR) is 109 cm³/mol. The minimum Gasteiger partial charge on any atom is -0.497 e. The van der Waals surface area contributed by atoms with Crippen LogP contribution in [-0.4, -0.2) is 61.6 Å². The van der Waals surface area contributed by atoms with Gasteiger partial charge in [-0.2, -0.15) is 0 Å². The van der Waals surface area contributed by atoms with E-state index in [2.05, 4.69) is 17.4 Å². The molecule has 6 heteroatoms. The summed E-state index contributed by atoms with van der Waals surface area (Å²) in [6, 6.07) is 17.2. The van der Waals surface area contributed by atoms with Crippen molar-refractivity contribution in [1.29, 1.82) is 0 Å². The molecule has 1 aliphatic rings. The van der Waals surface area contributed by atoms with Crippen molar-refractivity contribution in [2.75, 3.05) is 39.8 Å². The van der Waals surface area contributed by atoms with Crippen LogP contribution in [0.15, 0.2) is 54.6 Å². The second-order valence-electron chi connectivity index (χ2n) is 6.83. The third kappa shape index (κ3) is 5.25. The monoisotopic (exact) mass is 381 g/mol. The van der Waals surface area contributed by atoms with Crippen LogP contribution in [0.5, 0.6) is 5.75 Å². The lowest BCUT2D eigenvalue weighted by atomic mass is 10.1. The predicted octanol–water partition coefficient (Wildman–Crippen LogP) is 2.80. The largest absolute Gasteiger partial charge is 0.497 e. The summed E-state index contributed by atoms with van der Waals surface area (Å²) in [5, 5.41) is 2.99. The number of hydrogen-bond donors (Lipinski definition) is 1. The highest BCUT2D eigenvalue weighted by atomic mass is 16.5. The Bertz CT molecular complexity index is 777. The molecule has 3 amide bonds. The zero-order valence-electron chi connectivity index (χ0n) is 16.3. The molecule has 0 radical (unpaired) electrons. The third-order valence-electron chi connectivity index (χ3n) is 4.94. The standard InChI is InChI=1S/C22H27N3O3/c1-28-20-10-8-19(9-11-20)21(26)24-14-5-15-25(17-16-24)22(27)23-13-12-18-6-3-2-4-7-18/h2-4,6-11H,5,12-17H2,1H3,(H,23,27). The lowest BCUT2D eigenvalue weighted by Crippen LogP contribution is -2.43. The Balaban J connectivity index is 1.48. The van der Waals surface area contributed by atoms with Gasteiger partial charge in [-0.25, -0.2) is 4.79 Å². The topological polar surface area (TPSA) is 61.9 Å². The van der Waals surface area contributed by atoms with E-state index in [4.69, 9.17) is 4.74 Å². The molecule has 0 aliphatic carbocycles. The van der Waals surface area contributed by atoms with Crippen LogP contribution in [0.3, 0.4) is 0 Å². The molecule has 2 aromatic rings. The average molecular weight is 381 g/mol. The molecule has 1 saturated heterocycles. The first-order valence-corrected chi connectivity index (χ1v) is 9.67. The van der Waals surface area contributed by atoms with Crippen molar-refractivity contribution < 1.29 is 14.3 Å². The highest BCUT2D eigenvalue weighted by molar-refractivity contribution is 5.94. The van der Waals surface area contributed by atoms with Crippen molar-refractivity contribution >= 4 is 11.9 Å². The maximum absolute atomic E-state index is 12.7. The number of carbonyl (C=O) groups is 2. The molecule has 1 N–H and O–H groups in total. The van der Waals surface area contributed by atoms with Crippen LogP contribution in [0.25, 0.3) is 0 Å². The molecule has 0 saturated carbocycles. The summed E-state index contributed by atoms with van der Waals surface area (Å²) in [5.41, 5.74) is 1.84. The van der Waals surface area contributed by atoms with Gasteiger partial charge in [-0.3, -0.25) is 4.79 Å². The van der Waals surface area contributed by atoms with E-state index in [0.717, 1.165) is 18.6 Å². The molecule has 1 heterocycles. The van der Waals surface area contributed by atoms with Gasteiger partial charge in [-0.05, 0) is 42.7 Å². The Hall–Kier alpha value is -3.02. The second-order valence-corrected chi connectivity index (χ2v) is 6.83. The number of carbonyl (C=O) groups excluding carboxylic acids is 2. The van der Waals surface area contributed by atoms with E-state index in [1.165, 1.54) is 5.56 Å². The molecule has 0 unspecified atom stereocenters. The summed E-state index contributed by atoms with van der Waals surface area (Å²) in [6.07, 6.45) is 1.58. The molecule has 28 heavy (non-hydrogen) atoms. The van der Waals surface area contributed by atoms with Crippen LogP contribution in [-0.2, 0) is 6.42 Å². The lowest BCUT2D eigenvalue weighted by Gasteiger charge is -2.22. The van der Waals surface area contributed by atoms with Gasteiger partial charge in [0, 0.05) is 38.3 Å². The van der Waals surface area contributed by atoms with Crippen molar-refractivity contribution in [3.8, 4) is 5.75 Å². The number of nitrogens with one attached hydrogen (secondary N) is 1. The highest BCUT2D eigenvalue weighted by Crippen LogP contribution is 2.14. The smallest absolute Gasteiger partial charge is 0.317 e. The lowest BCUT2D eigenvalue weighted by molar-refractivity contribution is 0.0762. The van der Waals surface area contributed by atoms with Crippen LogP contribution in [0.2, 0.25) is 0 Å². The number of rotatable bonds is 5. The molecule has 0 bridgehead atoms. The van der Waals surface area contributed by atoms with E-state index in [1.807, 2.05) is 23.1 Å². The summed E-state index contributed by atoms with van der Waals surface area (Å²) in [6.45, 7) is 2.99. The van der Waals surface area contributed by atoms with Gasteiger partial charge in [-0.15, -0.1) is 0 Å². The Kier molecular flexibility index (Phi) is 6.89. The Morgan fingerprint density at radius 2 is 1.61 bits per heavy atom. The Morgan fingerprint density at radius 3 is 2.32 bits per heavy atom. The second kappa shape index (κ2) is 9.78. The molecular weight excluding hydrogens is 354 g/mol. The fourth-order valence-electron chi connectivity index (χ4n) is 3.31. The first-order valence-electron chi connectivity index (χ1n) is 9.67. The summed E-state index contributed by atoms with van der Waals surface area (Å²) in [4.78, 5) is 28.8. The fraction of sp³-hybridized carbons (Fsp3) is 0.364. The summed E-state index contributed by atoms with van der Waals surface area (Å²) < 4.78 is 5.14. The van der Waals surface area contributed by atoms with Crippen LogP contribution in [0.1, 0.15) is 22.3 Å². The number of hydrogen-bond acceptors (Lipinski definition) is 3. The fourth-order valence-corrected chi connectivity index (χ4v) is 3.31. The summed E-state index contributed by atoms with van der Waals surface area (Å²) in [7, 11) is 1.60. The number of ether oxygens (including phenoxy) is 1. The molecule has 148 valence electrons. The minimum absolute atomic E-state index is 0.00557. The van der Waals surface area contributed by atoms with Crippen LogP contribution < -0.4 is 10.1 Å². The van der Waals surface area contributed by atoms with Gasteiger partial charge in [0.15, 0.2) is 0 Å². The number of urea groups is 1. The van der Waals surface area contributed by atoms with Gasteiger partial charge in [0.2, 0.25) is 0 Å². The van der Waals surface area contributed by atoms with Gasteiger partial charge in [0.1, 0.15) is 5.75 Å². The minimum atomic E-state index is -0.0605. The van der Waals surface area contributed by atoms with Crippen LogP contribution in [0, 0.1) is 0 Å². The quantitative estimate of drug-likeness (QED) is 0.866. The SMILES string of the molecule is COc1ccc(C(=O)N2CCCN(C(=O)NCCc3ccccc3)CC2)cc1. The number of benzene rings is 2. The molecule has 1 aliphatic heterocycles. The molecule has 6 nitrogen and oxygen atoms in total. The first kappa shape index (κ1) is 19.7. The Morgan fingerprint density at radius 1 is 0.929 bits per heavy atom. The number of nitrogens with zero attached hydrogens (tertiary/aromatic N) is 2. The third-order valence-corrected chi connectivity index (χ3v) is 4.94. The van der Waals surface area contributed by atoms with E-state index < -0.39 is 0 Å². The number of amides is 3. The first-order chi connectivity index (χ1) is 13.7. The van der Waals surface area contributed by atoms with Gasteiger partial charge in [-0.1, -0.05) is 30.3 Å². The normalized spacial score (nSPS) is 14.3. The van der Waals surface area contributed by atoms with Gasteiger partial charge < -0.3 is 19.9 Å². The van der Waals surface area contributed by atoms with Crippen molar-refractivity contribution in [1.82, 2.24) is 15.1 Å². The molecule has 3 rings (SSSR count). The van der Waals surface area contributed by atoms with E-state index in [-0.39, 0.29) is 11.9 Å². The number of methoxy groups -OCH3 is 1. The summed E-state index contributed by atoms with van der Waals surface area (Å²) >= 11 is 0. The van der Waals surface area contributed by atoms with Crippen molar-refractivity contribution in [2.24, 2.45) is 0 Å². The maximum atomic E-state index is 12.7.